The van der Waals surface area contributed by atoms with E-state index in [9.17, 15) is 24.2 Å². The number of halogens is 1. The minimum Gasteiger partial charge on any atom is -0.493 e. The van der Waals surface area contributed by atoms with Crippen molar-refractivity contribution in [3.8, 4) is 16.9 Å². The van der Waals surface area contributed by atoms with Crippen LogP contribution in [0, 0.1) is 5.82 Å². The number of carbonyl (C=O) groups excluding carboxylic acids is 2. The summed E-state index contributed by atoms with van der Waals surface area (Å²) in [5, 5.41) is 23.1. The Morgan fingerprint density at radius 1 is 1.11 bits per heavy atom. The van der Waals surface area contributed by atoms with E-state index in [0.717, 1.165) is 27.9 Å². The molecule has 35 heavy (non-hydrogen) atoms. The summed E-state index contributed by atoms with van der Waals surface area (Å²) in [5.41, 5.74) is 3.87. The van der Waals surface area contributed by atoms with Crippen LogP contribution in [-0.4, -0.2) is 50.7 Å². The molecule has 0 saturated heterocycles. The molecule has 0 spiro atoms. The number of hydrogen-bond acceptors (Lipinski definition) is 6. The van der Waals surface area contributed by atoms with Gasteiger partial charge in [0.2, 0.25) is 0 Å². The fraction of sp³-hybridized carbons (Fsp3) is 0.269. The van der Waals surface area contributed by atoms with Crippen LogP contribution in [0.2, 0.25) is 0 Å². The minimum absolute atomic E-state index is 0.0812. The quantitative estimate of drug-likeness (QED) is 0.457. The van der Waals surface area contributed by atoms with Gasteiger partial charge in [0, 0.05) is 30.9 Å². The van der Waals surface area contributed by atoms with Gasteiger partial charge in [-0.05, 0) is 41.8 Å². The van der Waals surface area contributed by atoms with Gasteiger partial charge in [-0.15, -0.1) is 0 Å². The number of aliphatic hydroxyl groups is 2. The minimum atomic E-state index is -1.91. The van der Waals surface area contributed by atoms with Gasteiger partial charge in [-0.2, -0.15) is 0 Å². The topological polar surface area (TPSA) is 112 Å². The van der Waals surface area contributed by atoms with E-state index in [1.165, 1.54) is 17.0 Å². The van der Waals surface area contributed by atoms with E-state index < -0.39 is 24.0 Å². The Bertz CT molecular complexity index is 1190. The first-order valence-electron chi connectivity index (χ1n) is 11.2. The molecular weight excluding hydrogens is 453 g/mol. The summed E-state index contributed by atoms with van der Waals surface area (Å²) in [6, 6.07) is 15.1. The Balaban J connectivity index is 1.33. The first-order chi connectivity index (χ1) is 16.9. The molecule has 0 unspecified atom stereocenters. The van der Waals surface area contributed by atoms with Crippen molar-refractivity contribution in [2.45, 2.75) is 38.8 Å². The number of carbonyl (C=O) groups is 2. The molecule has 2 amide bonds. The molecule has 8 nitrogen and oxygen atoms in total. The lowest BCUT2D eigenvalue weighted by atomic mass is 10.0. The van der Waals surface area contributed by atoms with Gasteiger partial charge >= 0.3 is 0 Å². The van der Waals surface area contributed by atoms with Gasteiger partial charge in [0.25, 0.3) is 11.8 Å². The monoisotopic (exact) mass is 479 g/mol. The van der Waals surface area contributed by atoms with Crippen molar-refractivity contribution in [3.63, 3.8) is 0 Å². The van der Waals surface area contributed by atoms with Gasteiger partial charge in [-0.25, -0.2) is 4.39 Å². The zero-order chi connectivity index (χ0) is 24.9. The second-order valence-electron chi connectivity index (χ2n) is 8.18. The molecule has 9 heteroatoms. The average molecular weight is 480 g/mol. The van der Waals surface area contributed by atoms with E-state index >= 15 is 0 Å². The summed E-state index contributed by atoms with van der Waals surface area (Å²) in [6.07, 6.45) is -2.18. The third-order valence-corrected chi connectivity index (χ3v) is 5.79. The van der Waals surface area contributed by atoms with Crippen LogP contribution in [0.3, 0.4) is 0 Å². The number of nitrogens with zero attached hydrogens (tertiary/aromatic N) is 2. The highest BCUT2D eigenvalue weighted by atomic mass is 19.1. The van der Waals surface area contributed by atoms with Crippen LogP contribution in [0.25, 0.3) is 11.1 Å². The first kappa shape index (κ1) is 24.3. The number of amides is 2. The maximum atomic E-state index is 13.6. The van der Waals surface area contributed by atoms with E-state index in [4.69, 9.17) is 4.74 Å². The molecule has 1 aliphatic heterocycles. The van der Waals surface area contributed by atoms with E-state index in [1.807, 2.05) is 25.1 Å². The molecule has 2 aromatic carbocycles. The number of ether oxygens (including phenoxy) is 1. The highest BCUT2D eigenvalue weighted by Gasteiger charge is 2.35. The molecule has 0 aliphatic carbocycles. The van der Waals surface area contributed by atoms with Crippen LogP contribution >= 0.6 is 0 Å². The van der Waals surface area contributed by atoms with Gasteiger partial charge < -0.3 is 25.2 Å². The molecule has 3 aromatic rings. The molecule has 182 valence electrons. The summed E-state index contributed by atoms with van der Waals surface area (Å²) in [5.74, 6) is -1.55. The van der Waals surface area contributed by atoms with Crippen molar-refractivity contribution in [3.05, 3.63) is 83.4 Å². The lowest BCUT2D eigenvalue weighted by molar-refractivity contribution is -0.153. The Morgan fingerprint density at radius 2 is 1.89 bits per heavy atom. The molecule has 1 aliphatic rings. The molecule has 0 fully saturated rings. The van der Waals surface area contributed by atoms with Gasteiger partial charge in [0.05, 0.1) is 18.8 Å². The first-order valence-corrected chi connectivity index (χ1v) is 11.2. The molecule has 2 heterocycles. The number of fused-ring (bicyclic) bond motifs is 1. The van der Waals surface area contributed by atoms with E-state index in [2.05, 4.69) is 10.3 Å². The maximum Gasteiger partial charge on any atom is 0.255 e. The number of pyridine rings is 1. The van der Waals surface area contributed by atoms with Crippen molar-refractivity contribution < 1.29 is 28.9 Å². The summed E-state index contributed by atoms with van der Waals surface area (Å²) >= 11 is 0. The number of hydrogen-bond donors (Lipinski definition) is 3. The van der Waals surface area contributed by atoms with Crippen LogP contribution in [-0.2, 0) is 29.2 Å². The van der Waals surface area contributed by atoms with Crippen molar-refractivity contribution in [1.82, 2.24) is 15.2 Å². The third kappa shape index (κ3) is 5.47. The fourth-order valence-corrected chi connectivity index (χ4v) is 3.93. The summed E-state index contributed by atoms with van der Waals surface area (Å²) in [4.78, 5) is 30.5. The SMILES string of the molecule is CCOc1cc(F)ccc1-c1ccc(CNC(=O)[C@H](O)[C@@H](O)C(=O)N2Cc3cccnc3C2)cc1. The third-order valence-electron chi connectivity index (χ3n) is 5.79. The van der Waals surface area contributed by atoms with Gasteiger partial charge in [-0.3, -0.25) is 14.6 Å². The lowest BCUT2D eigenvalue weighted by Crippen LogP contribution is -2.49. The number of aromatic nitrogens is 1. The van der Waals surface area contributed by atoms with Crippen molar-refractivity contribution in [2.24, 2.45) is 0 Å². The average Bonchev–Trinajstić information content (AvgIpc) is 3.31. The predicted molar refractivity (Wildman–Crippen MR) is 125 cm³/mol. The highest BCUT2D eigenvalue weighted by molar-refractivity contribution is 5.90. The number of nitrogens with one attached hydrogen (secondary N) is 1. The highest BCUT2D eigenvalue weighted by Crippen LogP contribution is 2.31. The Kier molecular flexibility index (Phi) is 7.38. The second kappa shape index (κ2) is 10.6. The van der Waals surface area contributed by atoms with Crippen LogP contribution in [0.1, 0.15) is 23.7 Å². The lowest BCUT2D eigenvalue weighted by Gasteiger charge is -2.22. The Morgan fingerprint density at radius 3 is 2.60 bits per heavy atom. The van der Waals surface area contributed by atoms with E-state index in [1.54, 1.807) is 30.5 Å². The zero-order valence-corrected chi connectivity index (χ0v) is 19.1. The molecular formula is C26H26FN3O5. The molecule has 0 bridgehead atoms. The van der Waals surface area contributed by atoms with Crippen LogP contribution in [0.4, 0.5) is 4.39 Å². The summed E-state index contributed by atoms with van der Waals surface area (Å²) in [7, 11) is 0. The van der Waals surface area contributed by atoms with Crippen molar-refractivity contribution >= 4 is 11.8 Å². The van der Waals surface area contributed by atoms with E-state index in [0.29, 0.717) is 12.4 Å². The standard InChI is InChI=1S/C26H26FN3O5/c1-2-35-22-12-19(27)9-10-20(22)17-7-5-16(6-8-17)13-29-25(33)23(31)24(32)26(34)30-14-18-4-3-11-28-21(18)15-30/h3-12,23-24,31-32H,2,13-15H2,1H3,(H,29,33)/t23-,24-/m1/s1. The second-order valence-corrected chi connectivity index (χ2v) is 8.18. The van der Waals surface area contributed by atoms with Crippen LogP contribution in [0.15, 0.2) is 60.8 Å². The van der Waals surface area contributed by atoms with E-state index in [-0.39, 0.29) is 25.5 Å². The molecule has 4 rings (SSSR count). The zero-order valence-electron chi connectivity index (χ0n) is 19.1. The summed E-state index contributed by atoms with van der Waals surface area (Å²) in [6.45, 7) is 2.78. The number of benzene rings is 2. The van der Waals surface area contributed by atoms with Crippen LogP contribution in [0.5, 0.6) is 5.75 Å². The van der Waals surface area contributed by atoms with Gasteiger partial charge in [0.15, 0.2) is 12.2 Å². The molecule has 2 atom stereocenters. The number of rotatable bonds is 8. The number of aliphatic hydroxyl groups excluding tert-OH is 2. The normalized spacial score (nSPS) is 14.2. The predicted octanol–water partition coefficient (Wildman–Crippen LogP) is 2.17. The van der Waals surface area contributed by atoms with Crippen molar-refractivity contribution in [1.29, 1.82) is 0 Å². The Labute approximate surface area is 202 Å². The van der Waals surface area contributed by atoms with Gasteiger partial charge in [-0.1, -0.05) is 30.3 Å². The molecule has 0 saturated carbocycles. The smallest absolute Gasteiger partial charge is 0.255 e. The summed E-state index contributed by atoms with van der Waals surface area (Å²) < 4.78 is 19.1. The fourth-order valence-electron chi connectivity index (χ4n) is 3.93. The largest absolute Gasteiger partial charge is 0.493 e. The molecule has 3 N–H and O–H groups in total. The van der Waals surface area contributed by atoms with Crippen LogP contribution < -0.4 is 10.1 Å². The molecule has 0 radical (unpaired) electrons. The maximum absolute atomic E-state index is 13.6. The Hall–Kier alpha value is -3.82. The van der Waals surface area contributed by atoms with Crippen molar-refractivity contribution in [2.75, 3.05) is 6.61 Å². The van der Waals surface area contributed by atoms with Gasteiger partial charge in [0.1, 0.15) is 11.6 Å². The molecule has 1 aromatic heterocycles.